The minimum atomic E-state index is -0.139. The van der Waals surface area contributed by atoms with E-state index in [0.717, 1.165) is 62.3 Å². The zero-order valence-corrected chi connectivity index (χ0v) is 18.8. The highest BCUT2D eigenvalue weighted by atomic mass is 16.5. The Morgan fingerprint density at radius 3 is 2.69 bits per heavy atom. The minimum absolute atomic E-state index is 0.0202. The SMILES string of the molecule is CCC[C@H](C)C(=O)N1CC2(CCOCC2)c2cc(-c3ccc4c(c3)NC(=O)CO4)ccc21. The third-order valence-corrected chi connectivity index (χ3v) is 7.12. The van der Waals surface area contributed by atoms with Crippen LogP contribution in [0.2, 0.25) is 0 Å². The van der Waals surface area contributed by atoms with Crippen LogP contribution in [0.25, 0.3) is 11.1 Å². The highest BCUT2D eigenvalue weighted by molar-refractivity contribution is 5.99. The van der Waals surface area contributed by atoms with Crippen molar-refractivity contribution in [2.75, 3.05) is 36.6 Å². The van der Waals surface area contributed by atoms with Gasteiger partial charge in [-0.1, -0.05) is 32.4 Å². The summed E-state index contributed by atoms with van der Waals surface area (Å²) in [5, 5.41) is 2.89. The second-order valence-electron chi connectivity index (χ2n) is 9.29. The first-order chi connectivity index (χ1) is 15.5. The van der Waals surface area contributed by atoms with Crippen molar-refractivity contribution >= 4 is 23.2 Å². The summed E-state index contributed by atoms with van der Waals surface area (Å²) in [6.07, 6.45) is 3.75. The molecular formula is C26H30N2O4. The van der Waals surface area contributed by atoms with Gasteiger partial charge in [0.25, 0.3) is 5.91 Å². The third kappa shape index (κ3) is 3.56. The lowest BCUT2D eigenvalue weighted by Gasteiger charge is -2.34. The molecule has 6 heteroatoms. The summed E-state index contributed by atoms with van der Waals surface area (Å²) < 4.78 is 11.2. The van der Waals surface area contributed by atoms with Gasteiger partial charge in [0.2, 0.25) is 5.91 Å². The predicted molar refractivity (Wildman–Crippen MR) is 124 cm³/mol. The molecule has 3 aliphatic heterocycles. The summed E-state index contributed by atoms with van der Waals surface area (Å²) in [4.78, 5) is 27.1. The number of nitrogens with zero attached hydrogens (tertiary/aromatic N) is 1. The first-order valence-electron chi connectivity index (χ1n) is 11.6. The largest absolute Gasteiger partial charge is 0.482 e. The Labute approximate surface area is 188 Å². The summed E-state index contributed by atoms with van der Waals surface area (Å²) in [7, 11) is 0. The van der Waals surface area contributed by atoms with Crippen LogP contribution >= 0.6 is 0 Å². The number of carbonyl (C=O) groups excluding carboxylic acids is 2. The van der Waals surface area contributed by atoms with Gasteiger partial charge in [0, 0.05) is 36.8 Å². The van der Waals surface area contributed by atoms with E-state index in [1.54, 1.807) is 0 Å². The molecular weight excluding hydrogens is 404 g/mol. The lowest BCUT2D eigenvalue weighted by molar-refractivity contribution is -0.122. The highest BCUT2D eigenvalue weighted by Gasteiger charge is 2.46. The number of ether oxygens (including phenoxy) is 2. The monoisotopic (exact) mass is 434 g/mol. The molecule has 1 N–H and O–H groups in total. The topological polar surface area (TPSA) is 67.9 Å². The fraction of sp³-hybridized carbons (Fsp3) is 0.462. The maximum absolute atomic E-state index is 13.3. The predicted octanol–water partition coefficient (Wildman–Crippen LogP) is 4.52. The van der Waals surface area contributed by atoms with E-state index >= 15 is 0 Å². The number of anilines is 2. The van der Waals surface area contributed by atoms with E-state index < -0.39 is 0 Å². The molecule has 1 atom stereocenters. The first kappa shape index (κ1) is 21.0. The number of carbonyl (C=O) groups is 2. The number of hydrogen-bond acceptors (Lipinski definition) is 4. The molecule has 0 aromatic heterocycles. The molecule has 3 aliphatic rings. The van der Waals surface area contributed by atoms with Crippen molar-refractivity contribution < 1.29 is 19.1 Å². The highest BCUT2D eigenvalue weighted by Crippen LogP contribution is 2.48. The molecule has 1 spiro atoms. The fourth-order valence-electron chi connectivity index (χ4n) is 5.32. The number of nitrogens with one attached hydrogen (secondary N) is 1. The van der Waals surface area contributed by atoms with Gasteiger partial charge < -0.3 is 19.7 Å². The van der Waals surface area contributed by atoms with Crippen molar-refractivity contribution in [3.8, 4) is 16.9 Å². The molecule has 0 saturated carbocycles. The van der Waals surface area contributed by atoms with E-state index in [9.17, 15) is 9.59 Å². The van der Waals surface area contributed by atoms with Crippen LogP contribution in [0.1, 0.15) is 45.1 Å². The van der Waals surface area contributed by atoms with Crippen LogP contribution in [-0.2, 0) is 19.7 Å². The summed E-state index contributed by atoms with van der Waals surface area (Å²) >= 11 is 0. The van der Waals surface area contributed by atoms with Crippen LogP contribution in [0.15, 0.2) is 36.4 Å². The smallest absolute Gasteiger partial charge is 0.262 e. The lowest BCUT2D eigenvalue weighted by atomic mass is 9.75. The molecule has 3 heterocycles. The molecule has 5 rings (SSSR count). The van der Waals surface area contributed by atoms with Crippen molar-refractivity contribution in [2.45, 2.75) is 44.9 Å². The van der Waals surface area contributed by atoms with Crippen LogP contribution < -0.4 is 15.0 Å². The van der Waals surface area contributed by atoms with Crippen LogP contribution in [0, 0.1) is 5.92 Å². The molecule has 2 aromatic rings. The molecule has 1 saturated heterocycles. The number of fused-ring (bicyclic) bond motifs is 3. The fourth-order valence-corrected chi connectivity index (χ4v) is 5.32. The average molecular weight is 435 g/mol. The van der Waals surface area contributed by atoms with Crippen LogP contribution in [-0.4, -0.2) is 38.2 Å². The number of amides is 2. The van der Waals surface area contributed by atoms with Gasteiger partial charge in [0.1, 0.15) is 5.75 Å². The Morgan fingerprint density at radius 1 is 1.16 bits per heavy atom. The molecule has 6 nitrogen and oxygen atoms in total. The summed E-state index contributed by atoms with van der Waals surface area (Å²) in [5.74, 6) is 0.793. The quantitative estimate of drug-likeness (QED) is 0.769. The molecule has 0 unspecified atom stereocenters. The molecule has 32 heavy (non-hydrogen) atoms. The molecule has 2 amide bonds. The van der Waals surface area contributed by atoms with Gasteiger partial charge in [0.15, 0.2) is 6.61 Å². The lowest BCUT2D eigenvalue weighted by Crippen LogP contribution is -2.42. The van der Waals surface area contributed by atoms with Crippen LogP contribution in [0.3, 0.4) is 0 Å². The molecule has 2 aromatic carbocycles. The van der Waals surface area contributed by atoms with Gasteiger partial charge in [-0.2, -0.15) is 0 Å². The second kappa shape index (κ2) is 8.24. The van der Waals surface area contributed by atoms with Crippen molar-refractivity contribution in [3.05, 3.63) is 42.0 Å². The normalized spacial score (nSPS) is 19.7. The molecule has 0 radical (unpaired) electrons. The van der Waals surface area contributed by atoms with E-state index in [1.807, 2.05) is 30.0 Å². The van der Waals surface area contributed by atoms with Gasteiger partial charge >= 0.3 is 0 Å². The third-order valence-electron chi connectivity index (χ3n) is 7.12. The van der Waals surface area contributed by atoms with Gasteiger partial charge in [-0.15, -0.1) is 0 Å². The zero-order chi connectivity index (χ0) is 22.3. The van der Waals surface area contributed by atoms with Crippen molar-refractivity contribution in [1.82, 2.24) is 0 Å². The molecule has 0 bridgehead atoms. The van der Waals surface area contributed by atoms with Gasteiger partial charge in [0.05, 0.1) is 5.69 Å². The zero-order valence-electron chi connectivity index (χ0n) is 18.8. The standard InChI is InChI=1S/C26H30N2O4/c1-3-4-17(2)25(30)28-16-26(9-11-31-12-10-26)20-13-18(5-7-22(20)28)19-6-8-23-21(14-19)27-24(29)15-32-23/h5-8,13-14,17H,3-4,9-12,15-16H2,1-2H3,(H,27,29)/t17-/m0/s1. The summed E-state index contributed by atoms with van der Waals surface area (Å²) in [6, 6.07) is 12.3. The maximum atomic E-state index is 13.3. The Kier molecular flexibility index (Phi) is 5.41. The van der Waals surface area contributed by atoms with E-state index in [0.29, 0.717) is 11.4 Å². The van der Waals surface area contributed by atoms with E-state index in [-0.39, 0.29) is 29.8 Å². The Hall–Kier alpha value is -2.86. The number of rotatable bonds is 4. The average Bonchev–Trinajstić information content (AvgIpc) is 3.11. The Balaban J connectivity index is 1.54. The molecule has 168 valence electrons. The first-order valence-corrected chi connectivity index (χ1v) is 11.6. The van der Waals surface area contributed by atoms with Crippen LogP contribution in [0.5, 0.6) is 5.75 Å². The minimum Gasteiger partial charge on any atom is -0.482 e. The Bertz CT molecular complexity index is 1060. The van der Waals surface area contributed by atoms with E-state index in [4.69, 9.17) is 9.47 Å². The summed E-state index contributed by atoms with van der Waals surface area (Å²) in [5.41, 5.74) is 5.02. The van der Waals surface area contributed by atoms with Crippen LogP contribution in [0.4, 0.5) is 11.4 Å². The van der Waals surface area contributed by atoms with Gasteiger partial charge in [-0.25, -0.2) is 0 Å². The van der Waals surface area contributed by atoms with Crippen molar-refractivity contribution in [3.63, 3.8) is 0 Å². The van der Waals surface area contributed by atoms with Crippen molar-refractivity contribution in [1.29, 1.82) is 0 Å². The molecule has 0 aliphatic carbocycles. The molecule has 1 fully saturated rings. The van der Waals surface area contributed by atoms with Crippen molar-refractivity contribution in [2.24, 2.45) is 5.92 Å². The van der Waals surface area contributed by atoms with E-state index in [1.165, 1.54) is 5.56 Å². The van der Waals surface area contributed by atoms with Gasteiger partial charge in [-0.3, -0.25) is 9.59 Å². The summed E-state index contributed by atoms with van der Waals surface area (Å²) in [6.45, 7) is 6.39. The Morgan fingerprint density at radius 2 is 1.91 bits per heavy atom. The van der Waals surface area contributed by atoms with E-state index in [2.05, 4.69) is 30.4 Å². The van der Waals surface area contributed by atoms with Gasteiger partial charge in [-0.05, 0) is 60.2 Å². The number of benzene rings is 2. The second-order valence-corrected chi connectivity index (χ2v) is 9.29. The maximum Gasteiger partial charge on any atom is 0.262 e. The number of hydrogen-bond donors (Lipinski definition) is 1.